The average molecular weight is 329 g/mol. The fourth-order valence-electron chi connectivity index (χ4n) is 2.29. The van der Waals surface area contributed by atoms with E-state index in [0.717, 1.165) is 11.3 Å². The normalized spacial score (nSPS) is 11.7. The second kappa shape index (κ2) is 8.76. The molecule has 0 radical (unpaired) electrons. The number of aromatic nitrogens is 1. The van der Waals surface area contributed by atoms with E-state index in [1.165, 1.54) is 12.1 Å². The maximum absolute atomic E-state index is 12.9. The Morgan fingerprint density at radius 3 is 2.54 bits per heavy atom. The Morgan fingerprint density at radius 2 is 1.92 bits per heavy atom. The zero-order chi connectivity index (χ0) is 17.4. The van der Waals surface area contributed by atoms with Gasteiger partial charge in [0.2, 0.25) is 11.8 Å². The summed E-state index contributed by atoms with van der Waals surface area (Å²) in [5.41, 5.74) is 7.02. The number of aryl methyl sites for hydroxylation is 1. The van der Waals surface area contributed by atoms with Crippen molar-refractivity contribution >= 4 is 11.8 Å². The van der Waals surface area contributed by atoms with Gasteiger partial charge in [-0.3, -0.25) is 14.6 Å². The van der Waals surface area contributed by atoms with Crippen LogP contribution < -0.4 is 11.1 Å². The molecule has 1 atom stereocenters. The Bertz CT molecular complexity index is 674. The molecular formula is C18H20FN3O2. The van der Waals surface area contributed by atoms with Crippen molar-refractivity contribution in [1.29, 1.82) is 0 Å². The molecule has 5 nitrogen and oxygen atoms in total. The predicted octanol–water partition coefficient (Wildman–Crippen LogP) is 1.61. The number of amides is 2. The molecule has 126 valence electrons. The van der Waals surface area contributed by atoms with Gasteiger partial charge >= 0.3 is 0 Å². The maximum atomic E-state index is 12.9. The summed E-state index contributed by atoms with van der Waals surface area (Å²) < 4.78 is 12.9. The van der Waals surface area contributed by atoms with E-state index in [-0.39, 0.29) is 18.3 Å². The summed E-state index contributed by atoms with van der Waals surface area (Å²) in [6.07, 6.45) is 2.86. The lowest BCUT2D eigenvalue weighted by Crippen LogP contribution is -2.37. The minimum Gasteiger partial charge on any atom is -0.369 e. The van der Waals surface area contributed by atoms with Crippen molar-refractivity contribution in [1.82, 2.24) is 10.3 Å². The van der Waals surface area contributed by atoms with Crippen molar-refractivity contribution in [2.24, 2.45) is 11.7 Å². The molecule has 6 heteroatoms. The number of nitrogens with one attached hydrogen (secondary N) is 1. The van der Waals surface area contributed by atoms with Crippen LogP contribution in [0.5, 0.6) is 0 Å². The molecule has 2 aromatic rings. The van der Waals surface area contributed by atoms with Gasteiger partial charge in [0.05, 0.1) is 5.92 Å². The topological polar surface area (TPSA) is 85.1 Å². The lowest BCUT2D eigenvalue weighted by molar-refractivity contribution is -0.123. The number of nitrogens with two attached hydrogens (primary N) is 1. The van der Waals surface area contributed by atoms with Gasteiger partial charge in [-0.1, -0.05) is 18.2 Å². The molecule has 1 unspecified atom stereocenters. The molecule has 3 N–H and O–H groups in total. The number of carbonyl (C=O) groups excluding carboxylic acids is 2. The van der Waals surface area contributed by atoms with Gasteiger partial charge < -0.3 is 11.1 Å². The second-order valence-electron chi connectivity index (χ2n) is 5.56. The molecule has 0 aliphatic heterocycles. The first-order valence-electron chi connectivity index (χ1n) is 7.75. The number of carbonyl (C=O) groups is 2. The molecule has 0 aliphatic rings. The van der Waals surface area contributed by atoms with Crippen LogP contribution in [0.3, 0.4) is 0 Å². The number of hydrogen-bond acceptors (Lipinski definition) is 3. The third kappa shape index (κ3) is 5.79. The maximum Gasteiger partial charge on any atom is 0.222 e. The molecule has 0 saturated heterocycles. The first kappa shape index (κ1) is 17.6. The van der Waals surface area contributed by atoms with E-state index in [1.807, 2.05) is 18.2 Å². The summed E-state index contributed by atoms with van der Waals surface area (Å²) in [7, 11) is 0. The van der Waals surface area contributed by atoms with Crippen LogP contribution >= 0.6 is 0 Å². The van der Waals surface area contributed by atoms with Crippen molar-refractivity contribution in [3.05, 3.63) is 65.7 Å². The van der Waals surface area contributed by atoms with Gasteiger partial charge in [-0.05, 0) is 42.7 Å². The summed E-state index contributed by atoms with van der Waals surface area (Å²) in [6, 6.07) is 11.4. The zero-order valence-corrected chi connectivity index (χ0v) is 13.2. The van der Waals surface area contributed by atoms with Crippen LogP contribution in [0.4, 0.5) is 4.39 Å². The molecule has 2 amide bonds. The van der Waals surface area contributed by atoms with Gasteiger partial charge in [-0.2, -0.15) is 0 Å². The fourth-order valence-corrected chi connectivity index (χ4v) is 2.29. The molecule has 0 bridgehead atoms. The van der Waals surface area contributed by atoms with Crippen LogP contribution in [0, 0.1) is 11.7 Å². The van der Waals surface area contributed by atoms with Gasteiger partial charge in [-0.25, -0.2) is 4.39 Å². The number of pyridine rings is 1. The predicted molar refractivity (Wildman–Crippen MR) is 88.4 cm³/mol. The Morgan fingerprint density at radius 1 is 1.17 bits per heavy atom. The van der Waals surface area contributed by atoms with Gasteiger partial charge in [-0.15, -0.1) is 0 Å². The van der Waals surface area contributed by atoms with E-state index < -0.39 is 11.8 Å². The van der Waals surface area contributed by atoms with Crippen LogP contribution in [0.15, 0.2) is 48.7 Å². The standard InChI is InChI=1S/C18H20FN3O2/c19-15-6-4-13(5-7-15)11-14(18(20)24)12-22-17(23)9-8-16-3-1-2-10-21-16/h1-7,10,14H,8-9,11-12H2,(H2,20,24)(H,22,23). The summed E-state index contributed by atoms with van der Waals surface area (Å²) in [5, 5.41) is 2.72. The number of halogens is 1. The van der Waals surface area contributed by atoms with Crippen molar-refractivity contribution in [3.8, 4) is 0 Å². The minimum absolute atomic E-state index is 0.160. The quantitative estimate of drug-likeness (QED) is 0.771. The van der Waals surface area contributed by atoms with E-state index in [2.05, 4.69) is 10.3 Å². The largest absolute Gasteiger partial charge is 0.369 e. The lowest BCUT2D eigenvalue weighted by atomic mass is 9.98. The first-order valence-corrected chi connectivity index (χ1v) is 7.75. The van der Waals surface area contributed by atoms with Gasteiger partial charge in [0.15, 0.2) is 0 Å². The Balaban J connectivity index is 1.81. The molecule has 0 fully saturated rings. The highest BCUT2D eigenvalue weighted by Gasteiger charge is 2.17. The smallest absolute Gasteiger partial charge is 0.222 e. The van der Waals surface area contributed by atoms with E-state index >= 15 is 0 Å². The highest BCUT2D eigenvalue weighted by Crippen LogP contribution is 2.10. The molecule has 1 heterocycles. The molecular weight excluding hydrogens is 309 g/mol. The van der Waals surface area contributed by atoms with Crippen molar-refractivity contribution in [3.63, 3.8) is 0 Å². The molecule has 0 spiro atoms. The van der Waals surface area contributed by atoms with Crippen LogP contribution in [0.25, 0.3) is 0 Å². The van der Waals surface area contributed by atoms with Gasteiger partial charge in [0.25, 0.3) is 0 Å². The van der Waals surface area contributed by atoms with Crippen molar-refractivity contribution < 1.29 is 14.0 Å². The fraction of sp³-hybridized carbons (Fsp3) is 0.278. The van der Waals surface area contributed by atoms with Gasteiger partial charge in [0, 0.05) is 24.9 Å². The van der Waals surface area contributed by atoms with Crippen LogP contribution in [0.2, 0.25) is 0 Å². The highest BCUT2D eigenvalue weighted by molar-refractivity contribution is 5.80. The van der Waals surface area contributed by atoms with Crippen molar-refractivity contribution in [2.75, 3.05) is 6.54 Å². The average Bonchev–Trinajstić information content (AvgIpc) is 2.59. The lowest BCUT2D eigenvalue weighted by Gasteiger charge is -2.14. The van der Waals surface area contributed by atoms with Crippen molar-refractivity contribution in [2.45, 2.75) is 19.3 Å². The number of hydrogen-bond donors (Lipinski definition) is 2. The summed E-state index contributed by atoms with van der Waals surface area (Å²) in [5.74, 6) is -1.53. The van der Waals surface area contributed by atoms with E-state index in [1.54, 1.807) is 18.3 Å². The molecule has 1 aromatic heterocycles. The Labute approximate surface area is 140 Å². The zero-order valence-electron chi connectivity index (χ0n) is 13.2. The SMILES string of the molecule is NC(=O)C(CNC(=O)CCc1ccccn1)Cc1ccc(F)cc1. The number of nitrogens with zero attached hydrogens (tertiary/aromatic N) is 1. The minimum atomic E-state index is -0.533. The van der Waals surface area contributed by atoms with E-state index in [0.29, 0.717) is 19.3 Å². The number of rotatable bonds is 8. The molecule has 24 heavy (non-hydrogen) atoms. The number of benzene rings is 1. The highest BCUT2D eigenvalue weighted by atomic mass is 19.1. The first-order chi connectivity index (χ1) is 11.5. The third-order valence-corrected chi connectivity index (χ3v) is 3.68. The molecule has 2 rings (SSSR count). The summed E-state index contributed by atoms with van der Waals surface area (Å²) >= 11 is 0. The third-order valence-electron chi connectivity index (χ3n) is 3.68. The van der Waals surface area contributed by atoms with Crippen LogP contribution in [0.1, 0.15) is 17.7 Å². The monoisotopic (exact) mass is 329 g/mol. The van der Waals surface area contributed by atoms with E-state index in [9.17, 15) is 14.0 Å². The molecule has 0 saturated carbocycles. The Hall–Kier alpha value is -2.76. The van der Waals surface area contributed by atoms with E-state index in [4.69, 9.17) is 5.73 Å². The Kier molecular flexibility index (Phi) is 6.42. The molecule has 1 aromatic carbocycles. The molecule has 0 aliphatic carbocycles. The summed E-state index contributed by atoms with van der Waals surface area (Å²) in [6.45, 7) is 0.160. The van der Waals surface area contributed by atoms with Crippen LogP contribution in [-0.4, -0.2) is 23.3 Å². The second-order valence-corrected chi connectivity index (χ2v) is 5.56. The van der Waals surface area contributed by atoms with Gasteiger partial charge in [0.1, 0.15) is 5.82 Å². The van der Waals surface area contributed by atoms with Crippen LogP contribution in [-0.2, 0) is 22.4 Å². The number of primary amides is 1. The summed E-state index contributed by atoms with van der Waals surface area (Å²) in [4.78, 5) is 27.6.